The highest BCUT2D eigenvalue weighted by molar-refractivity contribution is 6.31. The number of nitrogens with zero attached hydrogens (tertiary/aromatic N) is 1. The zero-order valence-corrected chi connectivity index (χ0v) is 14.5. The lowest BCUT2D eigenvalue weighted by molar-refractivity contribution is -0.133. The summed E-state index contributed by atoms with van der Waals surface area (Å²) in [4.78, 5) is 29.6. The molecule has 1 saturated heterocycles. The smallest absolute Gasteiger partial charge is 0.238 e. The van der Waals surface area contributed by atoms with Crippen LogP contribution >= 0.6 is 11.6 Å². The fourth-order valence-electron chi connectivity index (χ4n) is 3.17. The van der Waals surface area contributed by atoms with Gasteiger partial charge >= 0.3 is 0 Å². The lowest BCUT2D eigenvalue weighted by Gasteiger charge is -2.32. The van der Waals surface area contributed by atoms with Gasteiger partial charge in [0.1, 0.15) is 6.04 Å². The second kappa shape index (κ2) is 6.83. The molecule has 24 heavy (non-hydrogen) atoms. The molecule has 1 aliphatic heterocycles. The zero-order chi connectivity index (χ0) is 17.3. The third-order valence-corrected chi connectivity index (χ3v) is 4.74. The van der Waals surface area contributed by atoms with Gasteiger partial charge in [0.25, 0.3) is 0 Å². The molecule has 7 heteroatoms. The molecule has 0 spiro atoms. The summed E-state index contributed by atoms with van der Waals surface area (Å²) in [6, 6.07) is 5.28. The minimum absolute atomic E-state index is 0.0226. The van der Waals surface area contributed by atoms with Crippen molar-refractivity contribution >= 4 is 34.3 Å². The molecule has 2 heterocycles. The topological polar surface area (TPSA) is 77.2 Å². The van der Waals surface area contributed by atoms with Gasteiger partial charge < -0.3 is 20.5 Å². The van der Waals surface area contributed by atoms with E-state index in [1.54, 1.807) is 11.9 Å². The summed E-state index contributed by atoms with van der Waals surface area (Å²) in [5.41, 5.74) is 2.91. The number of nitrogens with one attached hydrogen (secondary N) is 3. The number of hydrogen-bond acceptors (Lipinski definition) is 3. The number of H-pyrrole nitrogens is 1. The Balaban J connectivity index is 1.78. The van der Waals surface area contributed by atoms with Crippen LogP contribution in [-0.4, -0.2) is 54.4 Å². The van der Waals surface area contributed by atoms with Crippen LogP contribution in [0.4, 0.5) is 0 Å². The summed E-state index contributed by atoms with van der Waals surface area (Å²) in [7, 11) is 1.60. The minimum Gasteiger partial charge on any atom is -0.358 e. The Hall–Kier alpha value is -2.05. The molecule has 1 fully saturated rings. The van der Waals surface area contributed by atoms with Crippen molar-refractivity contribution < 1.29 is 9.59 Å². The van der Waals surface area contributed by atoms with Gasteiger partial charge in [0.2, 0.25) is 11.8 Å². The van der Waals surface area contributed by atoms with Gasteiger partial charge in [-0.25, -0.2) is 0 Å². The molecule has 2 amide bonds. The van der Waals surface area contributed by atoms with Crippen LogP contribution in [0.1, 0.15) is 11.3 Å². The standard InChI is InChI=1S/C17H21ClN4O2/c1-10-12(13-7-11(18)3-4-14(13)21-10)8-16(23)22-6-5-20-15(9-22)17(24)19-2/h3-4,7,15,20-21H,5-6,8-9H2,1-2H3,(H,19,24). The number of amides is 2. The van der Waals surface area contributed by atoms with E-state index in [4.69, 9.17) is 11.6 Å². The van der Waals surface area contributed by atoms with E-state index >= 15 is 0 Å². The van der Waals surface area contributed by atoms with Crippen molar-refractivity contribution in [2.24, 2.45) is 0 Å². The number of piperazine rings is 1. The number of aromatic amines is 1. The Morgan fingerprint density at radius 2 is 2.21 bits per heavy atom. The number of fused-ring (bicyclic) bond motifs is 1. The van der Waals surface area contributed by atoms with Crippen molar-refractivity contribution in [3.8, 4) is 0 Å². The third-order valence-electron chi connectivity index (χ3n) is 4.50. The van der Waals surface area contributed by atoms with Gasteiger partial charge in [0, 0.05) is 48.3 Å². The first-order valence-electron chi connectivity index (χ1n) is 7.99. The molecule has 1 unspecified atom stereocenters. The van der Waals surface area contributed by atoms with E-state index in [9.17, 15) is 9.59 Å². The molecule has 2 aromatic rings. The van der Waals surface area contributed by atoms with Crippen LogP contribution in [0.5, 0.6) is 0 Å². The summed E-state index contributed by atoms with van der Waals surface area (Å²) in [5.74, 6) is -0.0723. The van der Waals surface area contributed by atoms with Gasteiger partial charge in [-0.2, -0.15) is 0 Å². The van der Waals surface area contributed by atoms with Crippen molar-refractivity contribution in [1.82, 2.24) is 20.5 Å². The maximum Gasteiger partial charge on any atom is 0.238 e. The monoisotopic (exact) mass is 348 g/mol. The Morgan fingerprint density at radius 3 is 2.96 bits per heavy atom. The van der Waals surface area contributed by atoms with Crippen molar-refractivity contribution in [1.29, 1.82) is 0 Å². The quantitative estimate of drug-likeness (QED) is 0.780. The lowest BCUT2D eigenvalue weighted by Crippen LogP contribution is -2.58. The van der Waals surface area contributed by atoms with E-state index in [0.29, 0.717) is 31.1 Å². The Bertz CT molecular complexity index is 786. The molecule has 1 aliphatic rings. The number of rotatable bonds is 3. The molecule has 128 valence electrons. The molecule has 0 saturated carbocycles. The second-order valence-electron chi connectivity index (χ2n) is 6.06. The molecule has 1 aromatic carbocycles. The number of carbonyl (C=O) groups is 2. The van der Waals surface area contributed by atoms with Crippen LogP contribution < -0.4 is 10.6 Å². The first-order chi connectivity index (χ1) is 11.5. The number of hydrogen-bond donors (Lipinski definition) is 3. The van der Waals surface area contributed by atoms with Crippen LogP contribution in [-0.2, 0) is 16.0 Å². The van der Waals surface area contributed by atoms with E-state index in [-0.39, 0.29) is 17.9 Å². The first-order valence-corrected chi connectivity index (χ1v) is 8.37. The summed E-state index contributed by atoms with van der Waals surface area (Å²) >= 11 is 6.09. The highest BCUT2D eigenvalue weighted by atomic mass is 35.5. The normalized spacial score (nSPS) is 18.0. The predicted octanol–water partition coefficient (Wildman–Crippen LogP) is 1.22. The van der Waals surface area contributed by atoms with Gasteiger partial charge in [-0.1, -0.05) is 11.6 Å². The van der Waals surface area contributed by atoms with Crippen LogP contribution in [0.25, 0.3) is 10.9 Å². The number of aryl methyl sites for hydroxylation is 1. The fraction of sp³-hybridized carbons (Fsp3) is 0.412. The number of carbonyl (C=O) groups excluding carboxylic acids is 2. The predicted molar refractivity (Wildman–Crippen MR) is 94.2 cm³/mol. The molecule has 3 N–H and O–H groups in total. The number of aromatic nitrogens is 1. The number of benzene rings is 1. The van der Waals surface area contributed by atoms with Crippen molar-refractivity contribution in [3.63, 3.8) is 0 Å². The molecule has 3 rings (SSSR count). The average molecular weight is 349 g/mol. The van der Waals surface area contributed by atoms with E-state index in [1.807, 2.05) is 25.1 Å². The highest BCUT2D eigenvalue weighted by Crippen LogP contribution is 2.26. The van der Waals surface area contributed by atoms with Gasteiger partial charge in [-0.3, -0.25) is 9.59 Å². The molecule has 0 radical (unpaired) electrons. The van der Waals surface area contributed by atoms with Gasteiger partial charge in [-0.05, 0) is 30.7 Å². The molecule has 1 atom stereocenters. The molecular weight excluding hydrogens is 328 g/mol. The van der Waals surface area contributed by atoms with Crippen molar-refractivity contribution in [2.75, 3.05) is 26.7 Å². The zero-order valence-electron chi connectivity index (χ0n) is 13.8. The van der Waals surface area contributed by atoms with E-state index < -0.39 is 0 Å². The van der Waals surface area contributed by atoms with Gasteiger partial charge in [-0.15, -0.1) is 0 Å². The Labute approximate surface area is 145 Å². The van der Waals surface area contributed by atoms with Gasteiger partial charge in [0.05, 0.1) is 6.42 Å². The Morgan fingerprint density at radius 1 is 1.42 bits per heavy atom. The molecule has 6 nitrogen and oxygen atoms in total. The largest absolute Gasteiger partial charge is 0.358 e. The third kappa shape index (κ3) is 3.25. The molecule has 0 bridgehead atoms. The van der Waals surface area contributed by atoms with Gasteiger partial charge in [0.15, 0.2) is 0 Å². The van der Waals surface area contributed by atoms with Crippen LogP contribution in [0, 0.1) is 6.92 Å². The maximum absolute atomic E-state index is 12.7. The number of halogens is 1. The summed E-state index contributed by atoms with van der Waals surface area (Å²) < 4.78 is 0. The highest BCUT2D eigenvalue weighted by Gasteiger charge is 2.28. The summed E-state index contributed by atoms with van der Waals surface area (Å²) in [5, 5.41) is 7.38. The van der Waals surface area contributed by atoms with E-state index in [1.165, 1.54) is 0 Å². The van der Waals surface area contributed by atoms with Crippen molar-refractivity contribution in [3.05, 3.63) is 34.5 Å². The van der Waals surface area contributed by atoms with Crippen LogP contribution in [0.2, 0.25) is 5.02 Å². The van der Waals surface area contributed by atoms with Crippen molar-refractivity contribution in [2.45, 2.75) is 19.4 Å². The maximum atomic E-state index is 12.7. The minimum atomic E-state index is -0.355. The van der Waals surface area contributed by atoms with Crippen LogP contribution in [0.3, 0.4) is 0 Å². The first kappa shape index (κ1) is 16.8. The summed E-state index contributed by atoms with van der Waals surface area (Å²) in [6.45, 7) is 3.57. The Kier molecular flexibility index (Phi) is 4.78. The molecule has 0 aliphatic carbocycles. The second-order valence-corrected chi connectivity index (χ2v) is 6.49. The van der Waals surface area contributed by atoms with Crippen LogP contribution in [0.15, 0.2) is 18.2 Å². The fourth-order valence-corrected chi connectivity index (χ4v) is 3.34. The summed E-state index contributed by atoms with van der Waals surface area (Å²) in [6.07, 6.45) is 0.298. The number of likely N-dealkylation sites (N-methyl/N-ethyl adjacent to an activating group) is 1. The van der Waals surface area contributed by atoms with E-state index in [2.05, 4.69) is 15.6 Å². The SMILES string of the molecule is CNC(=O)C1CN(C(=O)Cc2c(C)[nH]c3ccc(Cl)cc23)CCN1. The average Bonchev–Trinajstić information content (AvgIpc) is 2.89. The lowest BCUT2D eigenvalue weighted by atomic mass is 10.1. The molecule has 1 aromatic heterocycles. The molecular formula is C17H21ClN4O2. The van der Waals surface area contributed by atoms with E-state index in [0.717, 1.165) is 22.2 Å².